The lowest BCUT2D eigenvalue weighted by Crippen LogP contribution is -2.06. The summed E-state index contributed by atoms with van der Waals surface area (Å²) in [5.74, 6) is 0.306. The largest absolute Gasteiger partial charge is 0.481 e. The number of nitrogens with zero attached hydrogens (tertiary/aromatic N) is 3. The van der Waals surface area contributed by atoms with Gasteiger partial charge in [-0.15, -0.1) is 0 Å². The van der Waals surface area contributed by atoms with Gasteiger partial charge in [-0.3, -0.25) is 0 Å². The van der Waals surface area contributed by atoms with Crippen LogP contribution in [0.5, 0.6) is 5.88 Å². The Morgan fingerprint density at radius 2 is 2.11 bits per heavy atom. The minimum atomic E-state index is -0.432. The van der Waals surface area contributed by atoms with Gasteiger partial charge in [0.15, 0.2) is 11.6 Å². The van der Waals surface area contributed by atoms with Crippen molar-refractivity contribution in [1.29, 1.82) is 0 Å². The zero-order chi connectivity index (χ0) is 13.0. The second-order valence-corrected chi connectivity index (χ2v) is 3.68. The van der Waals surface area contributed by atoms with Crippen LogP contribution < -0.4 is 10.1 Å². The van der Waals surface area contributed by atoms with E-state index in [9.17, 15) is 4.39 Å². The molecule has 0 spiro atoms. The molecule has 0 aliphatic heterocycles. The van der Waals surface area contributed by atoms with E-state index in [1.54, 1.807) is 26.3 Å². The Hall–Kier alpha value is -2.24. The third-order valence-electron chi connectivity index (χ3n) is 2.43. The van der Waals surface area contributed by atoms with Crippen LogP contribution in [0.15, 0.2) is 24.7 Å². The normalized spacial score (nSPS) is 10.2. The molecule has 0 bridgehead atoms. The summed E-state index contributed by atoms with van der Waals surface area (Å²) in [4.78, 5) is 11.7. The number of aryl methyl sites for hydroxylation is 1. The van der Waals surface area contributed by atoms with Crippen LogP contribution in [0.1, 0.15) is 11.3 Å². The van der Waals surface area contributed by atoms with E-state index in [4.69, 9.17) is 4.74 Å². The van der Waals surface area contributed by atoms with E-state index in [-0.39, 0.29) is 5.82 Å². The fourth-order valence-electron chi connectivity index (χ4n) is 1.40. The van der Waals surface area contributed by atoms with Crippen LogP contribution in [-0.2, 0) is 6.54 Å². The van der Waals surface area contributed by atoms with E-state index >= 15 is 0 Å². The molecule has 1 N–H and O–H groups in total. The standard InChI is InChI=1S/C12H13FN4O/c1-8-11(13)12(17-7-16-8)15-6-9-3-4-10(18-2)14-5-9/h3-5,7H,6H2,1-2H3,(H,15,16,17). The van der Waals surface area contributed by atoms with Crippen LogP contribution in [0.25, 0.3) is 0 Å². The number of anilines is 1. The first-order valence-electron chi connectivity index (χ1n) is 5.40. The molecular weight excluding hydrogens is 235 g/mol. The van der Waals surface area contributed by atoms with Gasteiger partial charge in [0.25, 0.3) is 0 Å². The minimum absolute atomic E-state index is 0.193. The van der Waals surface area contributed by atoms with E-state index in [1.165, 1.54) is 6.33 Å². The van der Waals surface area contributed by atoms with E-state index in [0.717, 1.165) is 5.56 Å². The van der Waals surface area contributed by atoms with Crippen LogP contribution >= 0.6 is 0 Å². The molecular formula is C12H13FN4O. The van der Waals surface area contributed by atoms with Crippen LogP contribution in [0.3, 0.4) is 0 Å². The molecule has 5 nitrogen and oxygen atoms in total. The first kappa shape index (κ1) is 12.2. The molecule has 94 valence electrons. The molecule has 0 fully saturated rings. The maximum Gasteiger partial charge on any atom is 0.212 e. The summed E-state index contributed by atoms with van der Waals surface area (Å²) >= 11 is 0. The Morgan fingerprint density at radius 3 is 2.78 bits per heavy atom. The average molecular weight is 248 g/mol. The number of aromatic nitrogens is 3. The van der Waals surface area contributed by atoms with Gasteiger partial charge in [-0.1, -0.05) is 6.07 Å². The zero-order valence-electron chi connectivity index (χ0n) is 10.1. The number of nitrogens with one attached hydrogen (secondary N) is 1. The molecule has 6 heteroatoms. The molecule has 2 aromatic rings. The molecule has 0 aliphatic rings. The number of halogens is 1. The van der Waals surface area contributed by atoms with Gasteiger partial charge in [0.1, 0.15) is 6.33 Å². The van der Waals surface area contributed by atoms with Crippen molar-refractivity contribution in [2.45, 2.75) is 13.5 Å². The van der Waals surface area contributed by atoms with E-state index in [2.05, 4.69) is 20.3 Å². The van der Waals surface area contributed by atoms with E-state index < -0.39 is 5.82 Å². The third-order valence-corrected chi connectivity index (χ3v) is 2.43. The molecule has 0 amide bonds. The summed E-state index contributed by atoms with van der Waals surface area (Å²) in [6, 6.07) is 3.60. The molecule has 0 unspecified atom stereocenters. The van der Waals surface area contributed by atoms with Crippen LogP contribution in [-0.4, -0.2) is 22.1 Å². The number of pyridine rings is 1. The molecule has 2 aromatic heterocycles. The highest BCUT2D eigenvalue weighted by molar-refractivity contribution is 5.37. The van der Waals surface area contributed by atoms with Gasteiger partial charge in [0.2, 0.25) is 5.88 Å². The van der Waals surface area contributed by atoms with Crippen molar-refractivity contribution < 1.29 is 9.13 Å². The Labute approximate surface area is 104 Å². The summed E-state index contributed by atoms with van der Waals surface area (Å²) in [6.45, 7) is 2.03. The Kier molecular flexibility index (Phi) is 3.66. The number of ether oxygens (including phenoxy) is 1. The lowest BCUT2D eigenvalue weighted by atomic mass is 10.3. The van der Waals surface area contributed by atoms with Gasteiger partial charge in [-0.05, 0) is 12.5 Å². The van der Waals surface area contributed by atoms with Crippen LogP contribution in [0, 0.1) is 12.7 Å². The molecule has 0 atom stereocenters. The van der Waals surface area contributed by atoms with Gasteiger partial charge in [-0.25, -0.2) is 19.3 Å². The van der Waals surface area contributed by atoms with E-state index in [1.807, 2.05) is 6.07 Å². The highest BCUT2D eigenvalue weighted by Gasteiger charge is 2.06. The summed E-state index contributed by atoms with van der Waals surface area (Å²) in [6.07, 6.45) is 2.99. The second-order valence-electron chi connectivity index (χ2n) is 3.68. The van der Waals surface area contributed by atoms with Crippen LogP contribution in [0.4, 0.5) is 10.2 Å². The van der Waals surface area contributed by atoms with Crippen LogP contribution in [0.2, 0.25) is 0 Å². The number of rotatable bonds is 4. The third kappa shape index (κ3) is 2.71. The van der Waals surface area contributed by atoms with Crippen molar-refractivity contribution in [3.8, 4) is 5.88 Å². The molecule has 0 radical (unpaired) electrons. The predicted molar refractivity (Wildman–Crippen MR) is 64.8 cm³/mol. The number of hydrogen-bond donors (Lipinski definition) is 1. The monoisotopic (exact) mass is 248 g/mol. The Balaban J connectivity index is 2.04. The number of hydrogen-bond acceptors (Lipinski definition) is 5. The topological polar surface area (TPSA) is 59.9 Å². The summed E-state index contributed by atoms with van der Waals surface area (Å²) < 4.78 is 18.6. The molecule has 2 heterocycles. The van der Waals surface area contributed by atoms with Crippen molar-refractivity contribution >= 4 is 5.82 Å². The smallest absolute Gasteiger partial charge is 0.212 e. The van der Waals surface area contributed by atoms with Gasteiger partial charge in [0.05, 0.1) is 12.8 Å². The maximum absolute atomic E-state index is 13.6. The zero-order valence-corrected chi connectivity index (χ0v) is 10.1. The first-order chi connectivity index (χ1) is 8.70. The van der Waals surface area contributed by atoms with Crippen molar-refractivity contribution in [3.63, 3.8) is 0 Å². The fourth-order valence-corrected chi connectivity index (χ4v) is 1.40. The first-order valence-corrected chi connectivity index (χ1v) is 5.40. The van der Waals surface area contributed by atoms with Crippen molar-refractivity contribution in [2.24, 2.45) is 0 Å². The summed E-state index contributed by atoms with van der Waals surface area (Å²) in [7, 11) is 1.55. The van der Waals surface area contributed by atoms with Crippen molar-refractivity contribution in [1.82, 2.24) is 15.0 Å². The SMILES string of the molecule is COc1ccc(CNc2ncnc(C)c2F)cn1. The molecule has 0 saturated heterocycles. The quantitative estimate of drug-likeness (QED) is 0.896. The molecule has 2 rings (SSSR count). The lowest BCUT2D eigenvalue weighted by molar-refractivity contribution is 0.397. The fraction of sp³-hybridized carbons (Fsp3) is 0.250. The maximum atomic E-state index is 13.6. The van der Waals surface area contributed by atoms with Gasteiger partial charge in [0, 0.05) is 18.8 Å². The van der Waals surface area contributed by atoms with Gasteiger partial charge < -0.3 is 10.1 Å². The summed E-state index contributed by atoms with van der Waals surface area (Å²) in [5.41, 5.74) is 1.23. The average Bonchev–Trinajstić information content (AvgIpc) is 2.41. The highest BCUT2D eigenvalue weighted by atomic mass is 19.1. The van der Waals surface area contributed by atoms with Crippen molar-refractivity contribution in [2.75, 3.05) is 12.4 Å². The van der Waals surface area contributed by atoms with Crippen molar-refractivity contribution in [3.05, 3.63) is 41.7 Å². The van der Waals surface area contributed by atoms with Gasteiger partial charge in [-0.2, -0.15) is 0 Å². The van der Waals surface area contributed by atoms with Gasteiger partial charge >= 0.3 is 0 Å². The summed E-state index contributed by atoms with van der Waals surface area (Å²) in [5, 5.41) is 2.90. The Morgan fingerprint density at radius 1 is 1.28 bits per heavy atom. The predicted octanol–water partition coefficient (Wildman–Crippen LogP) is 1.94. The number of methoxy groups -OCH3 is 1. The minimum Gasteiger partial charge on any atom is -0.481 e. The second kappa shape index (κ2) is 5.39. The lowest BCUT2D eigenvalue weighted by Gasteiger charge is -2.07. The molecule has 18 heavy (non-hydrogen) atoms. The Bertz CT molecular complexity index is 530. The molecule has 0 aliphatic carbocycles. The highest BCUT2D eigenvalue weighted by Crippen LogP contribution is 2.13. The molecule has 0 saturated carbocycles. The molecule has 0 aromatic carbocycles. The van der Waals surface area contributed by atoms with E-state index in [0.29, 0.717) is 18.1 Å².